The molecule has 0 aromatic heterocycles. The van der Waals surface area contributed by atoms with Gasteiger partial charge in [-0.05, 0) is 78.7 Å². The lowest BCUT2D eigenvalue weighted by molar-refractivity contribution is 0.00578. The van der Waals surface area contributed by atoms with Crippen LogP contribution in [-0.2, 0) is 14.7 Å². The van der Waals surface area contributed by atoms with Crippen LogP contribution in [0.2, 0.25) is 5.02 Å². The number of fused-ring (bicyclic) bond motifs is 3. The van der Waals surface area contributed by atoms with Crippen molar-refractivity contribution in [2.24, 2.45) is 0 Å². The monoisotopic (exact) mass is 478 g/mol. The van der Waals surface area contributed by atoms with Crippen molar-refractivity contribution >= 4 is 24.2 Å². The van der Waals surface area contributed by atoms with E-state index in [1.165, 1.54) is 27.8 Å². The molecule has 174 valence electrons. The number of benzene rings is 4. The predicted molar refractivity (Wildman–Crippen MR) is 144 cm³/mol. The van der Waals surface area contributed by atoms with E-state index >= 15 is 0 Å². The van der Waals surface area contributed by atoms with Crippen LogP contribution in [0.4, 0.5) is 0 Å². The first-order chi connectivity index (χ1) is 16.7. The first kappa shape index (κ1) is 22.6. The van der Waals surface area contributed by atoms with Crippen LogP contribution in [0.25, 0.3) is 11.1 Å². The minimum atomic E-state index is -0.502. The highest BCUT2D eigenvalue weighted by Gasteiger charge is 2.52. The van der Waals surface area contributed by atoms with E-state index in [-0.39, 0.29) is 0 Å². The summed E-state index contributed by atoms with van der Waals surface area (Å²) in [5.74, 6) is 0. The summed E-state index contributed by atoms with van der Waals surface area (Å²) >= 11 is 6.58. The smallest absolute Gasteiger partial charge is 0.399 e. The molecule has 4 aromatic carbocycles. The molecule has 0 radical (unpaired) electrons. The molecule has 6 rings (SSSR count). The van der Waals surface area contributed by atoms with E-state index in [1.807, 2.05) is 12.1 Å². The number of halogens is 1. The summed E-state index contributed by atoms with van der Waals surface area (Å²) in [6.07, 6.45) is 0. The van der Waals surface area contributed by atoms with E-state index in [9.17, 15) is 0 Å². The van der Waals surface area contributed by atoms with Crippen molar-refractivity contribution in [3.05, 3.63) is 124 Å². The number of rotatable bonds is 3. The molecule has 2 aliphatic rings. The lowest BCUT2D eigenvalue weighted by Gasteiger charge is -2.34. The maximum absolute atomic E-state index is 6.58. The minimum absolute atomic E-state index is 0.398. The highest BCUT2D eigenvalue weighted by Crippen LogP contribution is 2.56. The quantitative estimate of drug-likeness (QED) is 0.260. The fourth-order valence-electron chi connectivity index (χ4n) is 5.64. The average molecular weight is 479 g/mol. The third kappa shape index (κ3) is 3.26. The van der Waals surface area contributed by atoms with Crippen LogP contribution < -0.4 is 5.46 Å². The third-order valence-electron chi connectivity index (χ3n) is 8.05. The Morgan fingerprint density at radius 2 is 1.11 bits per heavy atom. The van der Waals surface area contributed by atoms with Crippen molar-refractivity contribution in [3.63, 3.8) is 0 Å². The Morgan fingerprint density at radius 3 is 1.69 bits per heavy atom. The second kappa shape index (κ2) is 7.83. The molecular formula is C31H28BClO2. The molecule has 1 heterocycles. The van der Waals surface area contributed by atoms with Crippen molar-refractivity contribution in [2.75, 3.05) is 0 Å². The highest BCUT2D eigenvalue weighted by molar-refractivity contribution is 6.62. The van der Waals surface area contributed by atoms with Crippen LogP contribution in [0.3, 0.4) is 0 Å². The SMILES string of the molecule is CC1(C)OB(c2cccc(C3(c4cccc(Cl)c4)c4ccccc4-c4ccccc43)c2)OC1(C)C. The standard InChI is InChI=1S/C31H28BClO2/c1-29(2)30(3,4)35-32(34-29)23-13-9-11-21(19-23)31(22-12-10-14-24(33)20-22)27-17-7-5-15-25(27)26-16-6-8-18-28(26)31/h5-20H,1-4H3. The third-order valence-corrected chi connectivity index (χ3v) is 8.29. The number of hydrogen-bond acceptors (Lipinski definition) is 2. The Bertz CT molecular complexity index is 1380. The van der Waals surface area contributed by atoms with Crippen molar-refractivity contribution < 1.29 is 9.31 Å². The lowest BCUT2D eigenvalue weighted by Crippen LogP contribution is -2.41. The van der Waals surface area contributed by atoms with E-state index < -0.39 is 23.7 Å². The van der Waals surface area contributed by atoms with Crippen LogP contribution in [0.15, 0.2) is 97.1 Å². The molecule has 0 bridgehead atoms. The van der Waals surface area contributed by atoms with Gasteiger partial charge in [-0.2, -0.15) is 0 Å². The summed E-state index contributed by atoms with van der Waals surface area (Å²) in [7, 11) is -0.428. The van der Waals surface area contributed by atoms with Crippen LogP contribution in [0.1, 0.15) is 49.9 Å². The molecule has 0 N–H and O–H groups in total. The van der Waals surface area contributed by atoms with Crippen molar-refractivity contribution in [3.8, 4) is 11.1 Å². The second-order valence-corrected chi connectivity index (χ2v) is 11.0. The molecule has 0 spiro atoms. The van der Waals surface area contributed by atoms with Crippen LogP contribution in [0.5, 0.6) is 0 Å². The summed E-state index contributed by atoms with van der Waals surface area (Å²) in [6.45, 7) is 8.36. The van der Waals surface area contributed by atoms with Gasteiger partial charge in [0.15, 0.2) is 0 Å². The molecule has 0 unspecified atom stereocenters. The Hall–Kier alpha value is -2.85. The second-order valence-electron chi connectivity index (χ2n) is 10.6. The van der Waals surface area contributed by atoms with Gasteiger partial charge in [-0.15, -0.1) is 0 Å². The molecule has 0 atom stereocenters. The first-order valence-electron chi connectivity index (χ1n) is 12.2. The Morgan fingerprint density at radius 1 is 0.600 bits per heavy atom. The van der Waals surface area contributed by atoms with E-state index in [1.54, 1.807) is 0 Å². The zero-order valence-electron chi connectivity index (χ0n) is 20.5. The molecule has 35 heavy (non-hydrogen) atoms. The summed E-state index contributed by atoms with van der Waals surface area (Å²) in [5, 5.41) is 0.728. The Balaban J connectivity index is 1.62. The van der Waals surface area contributed by atoms with Gasteiger partial charge in [0.2, 0.25) is 0 Å². The molecule has 1 aliphatic heterocycles. The number of hydrogen-bond donors (Lipinski definition) is 0. The first-order valence-corrected chi connectivity index (χ1v) is 12.5. The summed E-state index contributed by atoms with van der Waals surface area (Å²) in [6, 6.07) is 34.4. The molecule has 0 amide bonds. The van der Waals surface area contributed by atoms with Crippen LogP contribution in [0, 0.1) is 0 Å². The van der Waals surface area contributed by atoms with E-state index in [0.29, 0.717) is 0 Å². The molecular weight excluding hydrogens is 451 g/mol. The molecule has 4 heteroatoms. The van der Waals surface area contributed by atoms with Gasteiger partial charge in [0.05, 0.1) is 16.6 Å². The summed E-state index contributed by atoms with van der Waals surface area (Å²) in [4.78, 5) is 0. The van der Waals surface area contributed by atoms with Crippen molar-refractivity contribution in [2.45, 2.75) is 44.3 Å². The molecule has 1 saturated heterocycles. The van der Waals surface area contributed by atoms with E-state index in [0.717, 1.165) is 16.0 Å². The van der Waals surface area contributed by atoms with E-state index in [4.69, 9.17) is 20.9 Å². The summed E-state index contributed by atoms with van der Waals surface area (Å²) in [5.41, 5.74) is 7.06. The predicted octanol–water partition coefficient (Wildman–Crippen LogP) is 7.00. The van der Waals surface area contributed by atoms with Crippen LogP contribution in [-0.4, -0.2) is 18.3 Å². The minimum Gasteiger partial charge on any atom is -0.399 e. The van der Waals surface area contributed by atoms with Gasteiger partial charge < -0.3 is 9.31 Å². The average Bonchev–Trinajstić information content (AvgIpc) is 3.27. The Labute approximate surface area is 213 Å². The maximum Gasteiger partial charge on any atom is 0.494 e. The summed E-state index contributed by atoms with van der Waals surface area (Å²) < 4.78 is 12.8. The fourth-order valence-corrected chi connectivity index (χ4v) is 5.83. The van der Waals surface area contributed by atoms with Gasteiger partial charge in [-0.1, -0.05) is 96.5 Å². The van der Waals surface area contributed by atoms with Gasteiger partial charge in [0.1, 0.15) is 0 Å². The van der Waals surface area contributed by atoms with Gasteiger partial charge in [0, 0.05) is 5.02 Å². The zero-order valence-corrected chi connectivity index (χ0v) is 21.3. The molecule has 1 fully saturated rings. The topological polar surface area (TPSA) is 18.5 Å². The van der Waals surface area contributed by atoms with Gasteiger partial charge in [-0.25, -0.2) is 0 Å². The zero-order chi connectivity index (χ0) is 24.4. The molecule has 0 saturated carbocycles. The molecule has 1 aliphatic carbocycles. The largest absolute Gasteiger partial charge is 0.494 e. The Kier molecular flexibility index (Phi) is 5.06. The van der Waals surface area contributed by atoms with Crippen molar-refractivity contribution in [1.29, 1.82) is 0 Å². The van der Waals surface area contributed by atoms with Gasteiger partial charge >= 0.3 is 7.12 Å². The van der Waals surface area contributed by atoms with E-state index in [2.05, 4.69) is 113 Å². The van der Waals surface area contributed by atoms with Gasteiger partial charge in [-0.3, -0.25) is 0 Å². The normalized spacial score (nSPS) is 18.8. The van der Waals surface area contributed by atoms with Gasteiger partial charge in [0.25, 0.3) is 0 Å². The fraction of sp³-hybridized carbons (Fsp3) is 0.226. The van der Waals surface area contributed by atoms with Crippen molar-refractivity contribution in [1.82, 2.24) is 0 Å². The molecule has 2 nitrogen and oxygen atoms in total. The highest BCUT2D eigenvalue weighted by atomic mass is 35.5. The van der Waals surface area contributed by atoms with Crippen LogP contribution >= 0.6 is 11.6 Å². The maximum atomic E-state index is 6.58. The lowest BCUT2D eigenvalue weighted by atomic mass is 9.66. The molecule has 4 aromatic rings.